The summed E-state index contributed by atoms with van der Waals surface area (Å²) >= 11 is 0. The van der Waals surface area contributed by atoms with Crippen LogP contribution in [0, 0.1) is 11.8 Å². The summed E-state index contributed by atoms with van der Waals surface area (Å²) in [5, 5.41) is 35.6. The lowest BCUT2D eigenvalue weighted by Gasteiger charge is -2.27. The second-order valence-corrected chi connectivity index (χ2v) is 8.66. The summed E-state index contributed by atoms with van der Waals surface area (Å²) in [6, 6.07) is 1.60. The molecule has 0 aliphatic rings. The van der Waals surface area contributed by atoms with Crippen molar-refractivity contribution in [2.24, 2.45) is 17.6 Å². The second kappa shape index (κ2) is 13.5. The quantitative estimate of drug-likeness (QED) is 0.196. The summed E-state index contributed by atoms with van der Waals surface area (Å²) in [5.74, 6) is -4.03. The van der Waals surface area contributed by atoms with Crippen LogP contribution in [0.4, 0.5) is 0 Å². The lowest BCUT2D eigenvalue weighted by atomic mass is 9.98. The molecule has 1 aromatic rings. The SMILES string of the molecule is CCC(C)C(NC(=O)C(CO)NC(=O)C(NC(=O)C(N)Cc1ccc(O)cc1)C(C)C)C(=O)O. The molecule has 0 heterocycles. The van der Waals surface area contributed by atoms with Gasteiger partial charge in [-0.2, -0.15) is 0 Å². The number of aliphatic carboxylic acids is 1. The Hall–Kier alpha value is -3.18. The van der Waals surface area contributed by atoms with Crippen LogP contribution in [-0.2, 0) is 25.6 Å². The molecule has 1 aromatic carbocycles. The van der Waals surface area contributed by atoms with Gasteiger partial charge < -0.3 is 37.0 Å². The fraction of sp³-hybridized carbons (Fsp3) is 0.565. The summed E-state index contributed by atoms with van der Waals surface area (Å²) in [6.45, 7) is 6.06. The smallest absolute Gasteiger partial charge is 0.326 e. The number of rotatable bonds is 13. The van der Waals surface area contributed by atoms with Crippen LogP contribution in [0.25, 0.3) is 0 Å². The molecule has 0 aliphatic carbocycles. The van der Waals surface area contributed by atoms with Crippen molar-refractivity contribution in [3.63, 3.8) is 0 Å². The zero-order valence-electron chi connectivity index (χ0n) is 19.9. The molecule has 0 bridgehead atoms. The number of carbonyl (C=O) groups excluding carboxylic acids is 3. The molecule has 11 nitrogen and oxygen atoms in total. The molecule has 34 heavy (non-hydrogen) atoms. The van der Waals surface area contributed by atoms with E-state index in [-0.39, 0.29) is 24.0 Å². The number of carbonyl (C=O) groups is 4. The van der Waals surface area contributed by atoms with E-state index in [1.54, 1.807) is 39.8 Å². The summed E-state index contributed by atoms with van der Waals surface area (Å²) in [6.07, 6.45) is 0.672. The first kappa shape index (κ1) is 28.9. The van der Waals surface area contributed by atoms with Crippen LogP contribution in [0.15, 0.2) is 24.3 Å². The minimum Gasteiger partial charge on any atom is -0.508 e. The number of aliphatic hydroxyl groups is 1. The van der Waals surface area contributed by atoms with Crippen molar-refractivity contribution >= 4 is 23.7 Å². The molecule has 0 aromatic heterocycles. The monoisotopic (exact) mass is 480 g/mol. The fourth-order valence-electron chi connectivity index (χ4n) is 3.17. The lowest BCUT2D eigenvalue weighted by molar-refractivity contribution is -0.144. The number of aromatic hydroxyl groups is 1. The number of carboxylic acid groups (broad SMARTS) is 1. The van der Waals surface area contributed by atoms with Crippen LogP contribution < -0.4 is 21.7 Å². The van der Waals surface area contributed by atoms with E-state index in [0.717, 1.165) is 5.56 Å². The highest BCUT2D eigenvalue weighted by molar-refractivity contribution is 5.94. The van der Waals surface area contributed by atoms with Crippen molar-refractivity contribution < 1.29 is 34.5 Å². The van der Waals surface area contributed by atoms with Gasteiger partial charge in [0.15, 0.2) is 0 Å². The maximum absolute atomic E-state index is 12.8. The molecule has 5 atom stereocenters. The van der Waals surface area contributed by atoms with Crippen molar-refractivity contribution in [2.45, 2.75) is 64.7 Å². The highest BCUT2D eigenvalue weighted by Crippen LogP contribution is 2.12. The molecule has 3 amide bonds. The van der Waals surface area contributed by atoms with Crippen molar-refractivity contribution in [1.29, 1.82) is 0 Å². The average molecular weight is 481 g/mol. The zero-order valence-corrected chi connectivity index (χ0v) is 19.9. The molecule has 5 unspecified atom stereocenters. The van der Waals surface area contributed by atoms with Gasteiger partial charge in [-0.05, 0) is 36.0 Å². The van der Waals surface area contributed by atoms with Crippen molar-refractivity contribution in [3.8, 4) is 5.75 Å². The molecule has 11 heteroatoms. The molecular formula is C23H36N4O7. The van der Waals surface area contributed by atoms with Crippen LogP contribution in [0.2, 0.25) is 0 Å². The summed E-state index contributed by atoms with van der Waals surface area (Å²) < 4.78 is 0. The molecule has 0 saturated heterocycles. The Labute approximate surface area is 199 Å². The third kappa shape index (κ3) is 8.64. The Morgan fingerprint density at radius 3 is 1.94 bits per heavy atom. The van der Waals surface area contributed by atoms with Gasteiger partial charge in [0.05, 0.1) is 12.6 Å². The molecule has 8 N–H and O–H groups in total. The van der Waals surface area contributed by atoms with E-state index in [2.05, 4.69) is 16.0 Å². The first-order valence-electron chi connectivity index (χ1n) is 11.2. The van der Waals surface area contributed by atoms with E-state index in [0.29, 0.717) is 6.42 Å². The first-order valence-corrected chi connectivity index (χ1v) is 11.2. The van der Waals surface area contributed by atoms with Crippen molar-refractivity contribution in [1.82, 2.24) is 16.0 Å². The van der Waals surface area contributed by atoms with Crippen LogP contribution in [-0.4, -0.2) is 69.8 Å². The molecule has 0 spiro atoms. The number of nitrogens with one attached hydrogen (secondary N) is 3. The number of phenols is 1. The highest BCUT2D eigenvalue weighted by atomic mass is 16.4. The standard InChI is InChI=1S/C23H36N4O7/c1-5-13(4)19(23(33)34)27-21(31)17(11-28)25-22(32)18(12(2)3)26-20(30)16(24)10-14-6-8-15(29)9-7-14/h6-9,12-13,16-19,28-29H,5,10-11,24H2,1-4H3,(H,25,32)(H,26,30)(H,27,31)(H,33,34). The van der Waals surface area contributed by atoms with E-state index < -0.39 is 54.5 Å². The van der Waals surface area contributed by atoms with Crippen molar-refractivity contribution in [3.05, 3.63) is 29.8 Å². The Kier molecular flexibility index (Phi) is 11.5. The van der Waals surface area contributed by atoms with Crippen LogP contribution in [0.3, 0.4) is 0 Å². The number of benzene rings is 1. The number of nitrogens with two attached hydrogens (primary N) is 1. The van der Waals surface area contributed by atoms with Crippen LogP contribution in [0.1, 0.15) is 39.7 Å². The Balaban J connectivity index is 2.82. The van der Waals surface area contributed by atoms with Gasteiger partial charge in [0, 0.05) is 0 Å². The number of hydrogen-bond acceptors (Lipinski definition) is 7. The van der Waals surface area contributed by atoms with Gasteiger partial charge in [-0.3, -0.25) is 14.4 Å². The third-order valence-corrected chi connectivity index (χ3v) is 5.57. The van der Waals surface area contributed by atoms with Gasteiger partial charge in [-0.15, -0.1) is 0 Å². The number of carboxylic acids is 1. The minimum atomic E-state index is -1.40. The Morgan fingerprint density at radius 2 is 1.47 bits per heavy atom. The largest absolute Gasteiger partial charge is 0.508 e. The minimum absolute atomic E-state index is 0.0830. The van der Waals surface area contributed by atoms with Gasteiger partial charge in [-0.1, -0.05) is 46.2 Å². The topological polar surface area (TPSA) is 191 Å². The molecule has 0 saturated carbocycles. The van der Waals surface area contributed by atoms with E-state index in [9.17, 15) is 34.5 Å². The van der Waals surface area contributed by atoms with Crippen LogP contribution in [0.5, 0.6) is 5.75 Å². The first-order chi connectivity index (χ1) is 15.9. The second-order valence-electron chi connectivity index (χ2n) is 8.66. The van der Waals surface area contributed by atoms with E-state index in [4.69, 9.17) is 5.73 Å². The third-order valence-electron chi connectivity index (χ3n) is 5.57. The lowest BCUT2D eigenvalue weighted by Crippen LogP contribution is -2.59. The number of aliphatic hydroxyl groups excluding tert-OH is 1. The molecule has 0 radical (unpaired) electrons. The highest BCUT2D eigenvalue weighted by Gasteiger charge is 2.32. The molecule has 0 fully saturated rings. The van der Waals surface area contributed by atoms with Gasteiger partial charge >= 0.3 is 5.97 Å². The predicted molar refractivity (Wildman–Crippen MR) is 125 cm³/mol. The molecule has 190 valence electrons. The maximum atomic E-state index is 12.8. The van der Waals surface area contributed by atoms with E-state index >= 15 is 0 Å². The Morgan fingerprint density at radius 1 is 0.912 bits per heavy atom. The van der Waals surface area contributed by atoms with E-state index in [1.165, 1.54) is 12.1 Å². The van der Waals surface area contributed by atoms with Gasteiger partial charge in [0.2, 0.25) is 17.7 Å². The summed E-state index contributed by atoms with van der Waals surface area (Å²) in [5.41, 5.74) is 6.69. The fourth-order valence-corrected chi connectivity index (χ4v) is 3.17. The molecule has 1 rings (SSSR count). The molecule has 0 aliphatic heterocycles. The average Bonchev–Trinajstić information content (AvgIpc) is 2.79. The van der Waals surface area contributed by atoms with Gasteiger partial charge in [-0.25, -0.2) is 4.79 Å². The molecular weight excluding hydrogens is 444 g/mol. The van der Waals surface area contributed by atoms with Gasteiger partial charge in [0.1, 0.15) is 23.9 Å². The normalized spacial score (nSPS) is 15.5. The predicted octanol–water partition coefficient (Wildman–Crippen LogP) is -0.505. The summed E-state index contributed by atoms with van der Waals surface area (Å²) in [7, 11) is 0. The number of hydrogen-bond donors (Lipinski definition) is 7. The zero-order chi connectivity index (χ0) is 26.0. The Bertz CT molecular complexity index is 844. The van der Waals surface area contributed by atoms with Crippen molar-refractivity contribution in [2.75, 3.05) is 6.61 Å². The van der Waals surface area contributed by atoms with Gasteiger partial charge in [0.25, 0.3) is 0 Å². The summed E-state index contributed by atoms with van der Waals surface area (Å²) in [4.78, 5) is 49.4. The van der Waals surface area contributed by atoms with Crippen LogP contribution >= 0.6 is 0 Å². The number of amides is 3. The van der Waals surface area contributed by atoms with E-state index in [1.807, 2.05) is 0 Å². The maximum Gasteiger partial charge on any atom is 0.326 e. The number of phenolic OH excluding ortho intramolecular Hbond substituents is 1.